The van der Waals surface area contributed by atoms with Crippen molar-refractivity contribution in [3.8, 4) is 6.07 Å². The van der Waals surface area contributed by atoms with Crippen LogP contribution in [0.3, 0.4) is 0 Å². The molecule has 1 saturated heterocycles. The molecular weight excluding hydrogens is 236 g/mol. The lowest BCUT2D eigenvalue weighted by Crippen LogP contribution is -2.51. The fourth-order valence-corrected chi connectivity index (χ4v) is 3.88. The highest BCUT2D eigenvalue weighted by Gasteiger charge is 2.42. The minimum absolute atomic E-state index is 0.243. The zero-order chi connectivity index (χ0) is 13.3. The van der Waals surface area contributed by atoms with Crippen molar-refractivity contribution in [2.45, 2.75) is 56.7 Å². The van der Waals surface area contributed by atoms with Gasteiger partial charge in [0.2, 0.25) is 0 Å². The maximum atomic E-state index is 9.45. The largest absolute Gasteiger partial charge is 0.300 e. The molecule has 2 unspecified atom stereocenters. The summed E-state index contributed by atoms with van der Waals surface area (Å²) in [4.78, 5) is 5.29. The van der Waals surface area contributed by atoms with E-state index in [1.54, 1.807) is 0 Å². The molecule has 0 radical (unpaired) electrons. The molecule has 1 aliphatic heterocycles. The van der Waals surface area contributed by atoms with Crippen LogP contribution >= 0.6 is 0 Å². The molecule has 0 aromatic heterocycles. The second kappa shape index (κ2) is 5.40. The minimum Gasteiger partial charge on any atom is -0.300 e. The van der Waals surface area contributed by atoms with Crippen molar-refractivity contribution in [3.63, 3.8) is 0 Å². The SMILES string of the molecule is CCNC1(C#N)CCC(N2CCN(C3CC3)CC2)C1. The van der Waals surface area contributed by atoms with Crippen LogP contribution in [-0.2, 0) is 0 Å². The highest BCUT2D eigenvalue weighted by Crippen LogP contribution is 2.34. The van der Waals surface area contributed by atoms with E-state index >= 15 is 0 Å². The van der Waals surface area contributed by atoms with E-state index in [0.29, 0.717) is 6.04 Å². The first-order valence-electron chi connectivity index (χ1n) is 7.91. The lowest BCUT2D eigenvalue weighted by atomic mass is 9.99. The van der Waals surface area contributed by atoms with Crippen molar-refractivity contribution >= 4 is 0 Å². The minimum atomic E-state index is -0.243. The van der Waals surface area contributed by atoms with Crippen molar-refractivity contribution < 1.29 is 0 Å². The maximum Gasteiger partial charge on any atom is 0.108 e. The summed E-state index contributed by atoms with van der Waals surface area (Å²) in [6.07, 6.45) is 6.05. The molecule has 2 saturated carbocycles. The topological polar surface area (TPSA) is 42.3 Å². The van der Waals surface area contributed by atoms with Crippen LogP contribution in [0, 0.1) is 11.3 Å². The van der Waals surface area contributed by atoms with Gasteiger partial charge in [-0.15, -0.1) is 0 Å². The van der Waals surface area contributed by atoms with E-state index in [9.17, 15) is 5.26 Å². The van der Waals surface area contributed by atoms with Gasteiger partial charge in [0.25, 0.3) is 0 Å². The molecule has 0 aromatic carbocycles. The van der Waals surface area contributed by atoms with Crippen LogP contribution in [0.2, 0.25) is 0 Å². The lowest BCUT2D eigenvalue weighted by Gasteiger charge is -2.38. The molecular formula is C15H26N4. The molecule has 2 aliphatic carbocycles. The molecule has 3 fully saturated rings. The zero-order valence-electron chi connectivity index (χ0n) is 12.1. The molecule has 3 aliphatic rings. The lowest BCUT2D eigenvalue weighted by molar-refractivity contribution is 0.0912. The average Bonchev–Trinajstić information content (AvgIpc) is 3.21. The number of piperazine rings is 1. The van der Waals surface area contributed by atoms with Gasteiger partial charge in [0.05, 0.1) is 6.07 Å². The van der Waals surface area contributed by atoms with Gasteiger partial charge in [-0.2, -0.15) is 5.26 Å². The molecule has 4 nitrogen and oxygen atoms in total. The summed E-state index contributed by atoms with van der Waals surface area (Å²) in [6, 6.07) is 4.07. The summed E-state index contributed by atoms with van der Waals surface area (Å²) in [6.45, 7) is 7.88. The number of rotatable bonds is 4. The Morgan fingerprint density at radius 3 is 2.26 bits per heavy atom. The first-order valence-corrected chi connectivity index (χ1v) is 7.91. The quantitative estimate of drug-likeness (QED) is 0.826. The predicted molar refractivity (Wildman–Crippen MR) is 75.8 cm³/mol. The highest BCUT2D eigenvalue weighted by atomic mass is 15.3. The molecule has 3 rings (SSSR count). The Balaban J connectivity index is 1.52. The van der Waals surface area contributed by atoms with Crippen LogP contribution < -0.4 is 5.32 Å². The van der Waals surface area contributed by atoms with Crippen LogP contribution in [0.4, 0.5) is 0 Å². The van der Waals surface area contributed by atoms with E-state index in [0.717, 1.165) is 25.4 Å². The van der Waals surface area contributed by atoms with Crippen LogP contribution in [0.25, 0.3) is 0 Å². The molecule has 0 bridgehead atoms. The van der Waals surface area contributed by atoms with Gasteiger partial charge in [0, 0.05) is 38.3 Å². The van der Waals surface area contributed by atoms with Crippen LogP contribution in [0.15, 0.2) is 0 Å². The summed E-state index contributed by atoms with van der Waals surface area (Å²) >= 11 is 0. The fourth-order valence-electron chi connectivity index (χ4n) is 3.88. The summed E-state index contributed by atoms with van der Waals surface area (Å²) in [7, 11) is 0. The second-order valence-electron chi connectivity index (χ2n) is 6.42. The van der Waals surface area contributed by atoms with Crippen LogP contribution in [-0.4, -0.2) is 60.1 Å². The fraction of sp³-hybridized carbons (Fsp3) is 0.933. The second-order valence-corrected chi connectivity index (χ2v) is 6.42. The third-order valence-electron chi connectivity index (χ3n) is 5.15. The van der Waals surface area contributed by atoms with Gasteiger partial charge in [-0.05, 0) is 38.6 Å². The number of nitriles is 1. The highest BCUT2D eigenvalue weighted by molar-refractivity contribution is 5.13. The Hall–Kier alpha value is -0.630. The van der Waals surface area contributed by atoms with Crippen molar-refractivity contribution in [1.82, 2.24) is 15.1 Å². The average molecular weight is 262 g/mol. The Bertz CT molecular complexity index is 352. The summed E-state index contributed by atoms with van der Waals surface area (Å²) in [5.41, 5.74) is -0.243. The van der Waals surface area contributed by atoms with Gasteiger partial charge in [0.15, 0.2) is 0 Å². The number of hydrogen-bond acceptors (Lipinski definition) is 4. The Morgan fingerprint density at radius 2 is 1.74 bits per heavy atom. The smallest absolute Gasteiger partial charge is 0.108 e. The van der Waals surface area contributed by atoms with Crippen LogP contribution in [0.5, 0.6) is 0 Å². The van der Waals surface area contributed by atoms with Crippen molar-refractivity contribution in [1.29, 1.82) is 5.26 Å². The van der Waals surface area contributed by atoms with E-state index < -0.39 is 0 Å². The molecule has 0 spiro atoms. The van der Waals surface area contributed by atoms with Gasteiger partial charge in [-0.3, -0.25) is 15.1 Å². The van der Waals surface area contributed by atoms with Gasteiger partial charge >= 0.3 is 0 Å². The molecule has 106 valence electrons. The molecule has 1 N–H and O–H groups in total. The van der Waals surface area contributed by atoms with Crippen molar-refractivity contribution in [2.24, 2.45) is 0 Å². The normalized spacial score (nSPS) is 37.4. The first-order chi connectivity index (χ1) is 9.26. The third kappa shape index (κ3) is 2.79. The van der Waals surface area contributed by atoms with E-state index in [-0.39, 0.29) is 5.54 Å². The Morgan fingerprint density at radius 1 is 1.11 bits per heavy atom. The summed E-state index contributed by atoms with van der Waals surface area (Å²) < 4.78 is 0. The van der Waals surface area contributed by atoms with E-state index in [1.165, 1.54) is 45.4 Å². The van der Waals surface area contributed by atoms with Crippen molar-refractivity contribution in [2.75, 3.05) is 32.7 Å². The number of hydrogen-bond donors (Lipinski definition) is 1. The maximum absolute atomic E-state index is 9.45. The monoisotopic (exact) mass is 262 g/mol. The Kier molecular flexibility index (Phi) is 3.79. The Labute approximate surface area is 116 Å². The standard InChI is InChI=1S/C15H26N4/c1-2-17-15(12-16)6-5-14(11-15)19-9-7-18(8-10-19)13-3-4-13/h13-14,17H,2-11H2,1H3. The summed E-state index contributed by atoms with van der Waals surface area (Å²) in [5.74, 6) is 0. The third-order valence-corrected chi connectivity index (χ3v) is 5.15. The molecule has 19 heavy (non-hydrogen) atoms. The molecule has 1 heterocycles. The molecule has 0 amide bonds. The first kappa shape index (κ1) is 13.4. The summed E-state index contributed by atoms with van der Waals surface area (Å²) in [5, 5.41) is 12.9. The van der Waals surface area contributed by atoms with Gasteiger partial charge < -0.3 is 0 Å². The van der Waals surface area contributed by atoms with Gasteiger partial charge in [-0.1, -0.05) is 6.92 Å². The van der Waals surface area contributed by atoms with E-state index in [4.69, 9.17) is 0 Å². The number of nitrogens with one attached hydrogen (secondary N) is 1. The molecule has 0 aromatic rings. The number of nitrogens with zero attached hydrogens (tertiary/aromatic N) is 3. The predicted octanol–water partition coefficient (Wildman–Crippen LogP) is 1.19. The van der Waals surface area contributed by atoms with E-state index in [2.05, 4.69) is 28.1 Å². The van der Waals surface area contributed by atoms with Gasteiger partial charge in [0.1, 0.15) is 5.54 Å². The van der Waals surface area contributed by atoms with E-state index in [1.807, 2.05) is 0 Å². The van der Waals surface area contributed by atoms with Gasteiger partial charge in [-0.25, -0.2) is 0 Å². The molecule has 4 heteroatoms. The van der Waals surface area contributed by atoms with Crippen LogP contribution in [0.1, 0.15) is 39.0 Å². The zero-order valence-corrected chi connectivity index (χ0v) is 12.1. The van der Waals surface area contributed by atoms with Crippen molar-refractivity contribution in [3.05, 3.63) is 0 Å². The molecule has 2 atom stereocenters.